The third-order valence-corrected chi connectivity index (χ3v) is 7.81. The van der Waals surface area contributed by atoms with E-state index in [4.69, 9.17) is 39.5 Å². The maximum absolute atomic E-state index is 13.2. The average molecular weight is 565 g/mol. The first-order chi connectivity index (χ1) is 17.7. The lowest BCUT2D eigenvalue weighted by Crippen LogP contribution is -2.41. The molecule has 1 aliphatic carbocycles. The molecule has 4 rings (SSSR count). The molecule has 1 amide bonds. The van der Waals surface area contributed by atoms with Crippen LogP contribution in [0, 0.1) is 5.92 Å². The molecule has 2 aliphatic rings. The van der Waals surface area contributed by atoms with Crippen LogP contribution in [0.2, 0.25) is 10.0 Å². The normalized spacial score (nSPS) is 18.0. The van der Waals surface area contributed by atoms with E-state index in [-0.39, 0.29) is 38.2 Å². The molecule has 1 aromatic heterocycles. The number of ether oxygens (including phenoxy) is 1. The number of rotatable bonds is 8. The van der Waals surface area contributed by atoms with Crippen molar-refractivity contribution < 1.29 is 19.1 Å². The number of allylic oxidation sites excluding steroid dienone is 2. The summed E-state index contributed by atoms with van der Waals surface area (Å²) in [5.41, 5.74) is 3.45. The molecule has 1 aliphatic heterocycles. The van der Waals surface area contributed by atoms with Gasteiger partial charge in [0.1, 0.15) is 11.1 Å². The van der Waals surface area contributed by atoms with Crippen LogP contribution in [-0.4, -0.2) is 42.3 Å². The summed E-state index contributed by atoms with van der Waals surface area (Å²) in [6.07, 6.45) is 6.70. The van der Waals surface area contributed by atoms with E-state index in [0.29, 0.717) is 37.9 Å². The highest BCUT2D eigenvalue weighted by Gasteiger charge is 2.31. The van der Waals surface area contributed by atoms with Gasteiger partial charge in [-0.2, -0.15) is 0 Å². The largest absolute Gasteiger partial charge is 0.467 e. The standard InChI is InChI=1S/C27H28Cl3N3O4/c1-3-4-15-10-20(25(30)23(34)12-15)32-21(27(36)37-2)11-16-5-6-22-17(9-16)7-8-33(22)26(35)24-18(28)13-31-14-19(24)29/h5-6,9,13-15,21,32H,3-4,7-8,10-12H2,1-2H3. The molecule has 1 aromatic carbocycles. The number of fused-ring (bicyclic) bond motifs is 1. The van der Waals surface area contributed by atoms with Crippen molar-refractivity contribution >= 4 is 58.1 Å². The van der Waals surface area contributed by atoms with E-state index in [9.17, 15) is 14.4 Å². The van der Waals surface area contributed by atoms with Gasteiger partial charge < -0.3 is 15.0 Å². The first-order valence-electron chi connectivity index (χ1n) is 12.2. The molecule has 1 N–H and O–H groups in total. The quantitative estimate of drug-likeness (QED) is 0.426. The molecular weight excluding hydrogens is 537 g/mol. The number of nitrogens with zero attached hydrogens (tertiary/aromatic N) is 2. The van der Waals surface area contributed by atoms with E-state index >= 15 is 0 Å². The van der Waals surface area contributed by atoms with Gasteiger partial charge in [0.05, 0.1) is 22.7 Å². The van der Waals surface area contributed by atoms with Gasteiger partial charge in [-0.25, -0.2) is 4.79 Å². The van der Waals surface area contributed by atoms with Crippen LogP contribution >= 0.6 is 34.8 Å². The van der Waals surface area contributed by atoms with Gasteiger partial charge in [0, 0.05) is 43.2 Å². The predicted molar refractivity (Wildman–Crippen MR) is 144 cm³/mol. The fourth-order valence-electron chi connectivity index (χ4n) is 5.03. The lowest BCUT2D eigenvalue weighted by Gasteiger charge is -2.27. The SMILES string of the molecule is CCCC1CC(=O)C(Cl)=C(NC(Cc2ccc3c(c2)CCN3C(=O)c2c(Cl)cncc2Cl)C(=O)OC)C1. The Kier molecular flexibility index (Phi) is 8.78. The maximum atomic E-state index is 13.2. The van der Waals surface area contributed by atoms with E-state index in [2.05, 4.69) is 17.2 Å². The molecule has 0 saturated heterocycles. The Labute approximate surface area is 231 Å². The molecule has 37 heavy (non-hydrogen) atoms. The van der Waals surface area contributed by atoms with Crippen molar-refractivity contribution in [3.8, 4) is 0 Å². The van der Waals surface area contributed by atoms with Gasteiger partial charge in [-0.3, -0.25) is 14.6 Å². The second kappa shape index (κ2) is 11.8. The Hall–Kier alpha value is -2.61. The monoisotopic (exact) mass is 563 g/mol. The summed E-state index contributed by atoms with van der Waals surface area (Å²) in [6.45, 7) is 2.56. The van der Waals surface area contributed by atoms with Crippen LogP contribution in [0.25, 0.3) is 0 Å². The third-order valence-electron chi connectivity index (χ3n) is 6.80. The molecule has 2 aromatic rings. The Balaban J connectivity index is 1.54. The zero-order chi connectivity index (χ0) is 26.7. The second-order valence-corrected chi connectivity index (χ2v) is 10.5. The van der Waals surface area contributed by atoms with Crippen LogP contribution in [0.1, 0.15) is 54.1 Å². The topological polar surface area (TPSA) is 88.6 Å². The molecule has 0 fully saturated rings. The van der Waals surface area contributed by atoms with E-state index < -0.39 is 12.0 Å². The van der Waals surface area contributed by atoms with Crippen LogP contribution in [0.5, 0.6) is 0 Å². The number of halogens is 3. The molecule has 0 radical (unpaired) electrons. The lowest BCUT2D eigenvalue weighted by molar-refractivity contribution is -0.143. The third kappa shape index (κ3) is 5.95. The van der Waals surface area contributed by atoms with E-state index in [1.165, 1.54) is 19.5 Å². The highest BCUT2D eigenvalue weighted by Crippen LogP contribution is 2.34. The van der Waals surface area contributed by atoms with Crippen molar-refractivity contribution in [1.82, 2.24) is 10.3 Å². The van der Waals surface area contributed by atoms with Crippen molar-refractivity contribution in [1.29, 1.82) is 0 Å². The van der Waals surface area contributed by atoms with Crippen molar-refractivity contribution in [3.63, 3.8) is 0 Å². The molecule has 2 unspecified atom stereocenters. The molecule has 0 spiro atoms. The maximum Gasteiger partial charge on any atom is 0.328 e. The van der Waals surface area contributed by atoms with Crippen LogP contribution in [-0.2, 0) is 27.2 Å². The number of benzene rings is 1. The number of amides is 1. The minimum absolute atomic E-state index is 0.103. The van der Waals surface area contributed by atoms with Crippen LogP contribution < -0.4 is 10.2 Å². The summed E-state index contributed by atoms with van der Waals surface area (Å²) in [5, 5.41) is 3.77. The summed E-state index contributed by atoms with van der Waals surface area (Å²) >= 11 is 18.7. The first-order valence-corrected chi connectivity index (χ1v) is 13.4. The molecule has 0 saturated carbocycles. The number of anilines is 1. The van der Waals surface area contributed by atoms with Crippen molar-refractivity contribution in [2.24, 2.45) is 5.92 Å². The number of esters is 1. The number of carbonyl (C=O) groups excluding carboxylic acids is 3. The number of carbonyl (C=O) groups is 3. The summed E-state index contributed by atoms with van der Waals surface area (Å²) < 4.78 is 5.04. The predicted octanol–water partition coefficient (Wildman–Crippen LogP) is 5.49. The van der Waals surface area contributed by atoms with Gasteiger partial charge in [-0.05, 0) is 42.4 Å². The zero-order valence-electron chi connectivity index (χ0n) is 20.7. The molecule has 10 heteroatoms. The first kappa shape index (κ1) is 27.4. The van der Waals surface area contributed by atoms with Gasteiger partial charge in [0.2, 0.25) is 0 Å². The zero-order valence-corrected chi connectivity index (χ0v) is 22.9. The van der Waals surface area contributed by atoms with Gasteiger partial charge in [-0.1, -0.05) is 60.3 Å². The van der Waals surface area contributed by atoms with Gasteiger partial charge in [0.25, 0.3) is 5.91 Å². The smallest absolute Gasteiger partial charge is 0.328 e. The Morgan fingerprint density at radius 3 is 2.59 bits per heavy atom. The number of nitrogens with one attached hydrogen (secondary N) is 1. The summed E-state index contributed by atoms with van der Waals surface area (Å²) in [7, 11) is 1.33. The van der Waals surface area contributed by atoms with Crippen LogP contribution in [0.3, 0.4) is 0 Å². The fourth-order valence-corrected chi connectivity index (χ4v) is 5.77. The van der Waals surface area contributed by atoms with E-state index in [0.717, 1.165) is 29.7 Å². The van der Waals surface area contributed by atoms with Crippen molar-refractivity contribution in [3.05, 3.63) is 68.1 Å². The Morgan fingerprint density at radius 1 is 1.19 bits per heavy atom. The minimum atomic E-state index is -0.714. The van der Waals surface area contributed by atoms with Gasteiger partial charge in [-0.15, -0.1) is 0 Å². The Morgan fingerprint density at radius 2 is 1.92 bits per heavy atom. The second-order valence-electron chi connectivity index (χ2n) is 9.35. The van der Waals surface area contributed by atoms with Gasteiger partial charge in [0.15, 0.2) is 5.78 Å². The number of aromatic nitrogens is 1. The van der Waals surface area contributed by atoms with Crippen molar-refractivity contribution in [2.45, 2.75) is 51.5 Å². The molecule has 196 valence electrons. The van der Waals surface area contributed by atoms with Crippen LogP contribution in [0.15, 0.2) is 41.3 Å². The highest BCUT2D eigenvalue weighted by atomic mass is 35.5. The van der Waals surface area contributed by atoms with E-state index in [1.54, 1.807) is 4.90 Å². The lowest BCUT2D eigenvalue weighted by atomic mass is 9.87. The number of methoxy groups -OCH3 is 1. The molecular formula is C27H28Cl3N3O4. The van der Waals surface area contributed by atoms with Gasteiger partial charge >= 0.3 is 5.97 Å². The minimum Gasteiger partial charge on any atom is -0.467 e. The average Bonchev–Trinajstić information content (AvgIpc) is 3.29. The number of hydrogen-bond donors (Lipinski definition) is 1. The van der Waals surface area contributed by atoms with Crippen LogP contribution in [0.4, 0.5) is 5.69 Å². The molecule has 2 heterocycles. The number of Topliss-reactive ketones (excluding diaryl/α,β-unsaturated/α-hetero) is 1. The number of pyridine rings is 1. The summed E-state index contributed by atoms with van der Waals surface area (Å²) in [5.74, 6) is -0.634. The number of ketones is 1. The molecule has 7 nitrogen and oxygen atoms in total. The van der Waals surface area contributed by atoms with Crippen molar-refractivity contribution in [2.75, 3.05) is 18.6 Å². The number of hydrogen-bond acceptors (Lipinski definition) is 6. The summed E-state index contributed by atoms with van der Waals surface area (Å²) in [6, 6.07) is 5.01. The highest BCUT2D eigenvalue weighted by molar-refractivity contribution is 6.43. The molecule has 0 bridgehead atoms. The summed E-state index contributed by atoms with van der Waals surface area (Å²) in [4.78, 5) is 43.9. The van der Waals surface area contributed by atoms with E-state index in [1.807, 2.05) is 18.2 Å². The molecule has 2 atom stereocenters. The fraction of sp³-hybridized carbons (Fsp3) is 0.407. The Bertz CT molecular complexity index is 1240.